The van der Waals surface area contributed by atoms with Gasteiger partial charge >= 0.3 is 17.9 Å². The van der Waals surface area contributed by atoms with Crippen molar-refractivity contribution in [1.82, 2.24) is 0 Å². The highest BCUT2D eigenvalue weighted by atomic mass is 35.5. The molecule has 1 rings (SSSR count). The van der Waals surface area contributed by atoms with Gasteiger partial charge in [0.25, 0.3) is 0 Å². The minimum absolute atomic E-state index is 0.165. The molecule has 1 aromatic rings. The van der Waals surface area contributed by atoms with E-state index in [1.165, 1.54) is 24.3 Å². The lowest BCUT2D eigenvalue weighted by Crippen LogP contribution is -2.28. The van der Waals surface area contributed by atoms with E-state index in [1.54, 1.807) is 33.8 Å². The van der Waals surface area contributed by atoms with E-state index in [1.807, 2.05) is 0 Å². The highest BCUT2D eigenvalue weighted by Crippen LogP contribution is 2.29. The maximum absolute atomic E-state index is 12.1. The average Bonchev–Trinajstić information content (AvgIpc) is 2.50. The van der Waals surface area contributed by atoms with Crippen molar-refractivity contribution >= 4 is 35.6 Å². The summed E-state index contributed by atoms with van der Waals surface area (Å²) < 4.78 is 9.96. The average molecular weight is 369 g/mol. The lowest BCUT2D eigenvalue weighted by atomic mass is 9.96. The van der Waals surface area contributed by atoms with Crippen LogP contribution in [0.4, 0.5) is 0 Å². The Hall–Kier alpha value is -2.34. The van der Waals surface area contributed by atoms with Crippen LogP contribution in [0.25, 0.3) is 6.08 Å². The van der Waals surface area contributed by atoms with Crippen molar-refractivity contribution in [3.63, 3.8) is 0 Å². The summed E-state index contributed by atoms with van der Waals surface area (Å²) in [5, 5.41) is 9.76. The van der Waals surface area contributed by atoms with Gasteiger partial charge in [0.1, 0.15) is 0 Å². The molecule has 0 saturated heterocycles. The molecule has 0 heterocycles. The normalized spacial score (nSPS) is 12.7. The van der Waals surface area contributed by atoms with Gasteiger partial charge in [-0.05, 0) is 51.5 Å². The van der Waals surface area contributed by atoms with E-state index < -0.39 is 29.4 Å². The fourth-order valence-corrected chi connectivity index (χ4v) is 1.98. The summed E-state index contributed by atoms with van der Waals surface area (Å²) in [6.07, 6.45) is 1.01. The van der Waals surface area contributed by atoms with Crippen molar-refractivity contribution in [1.29, 1.82) is 0 Å². The van der Waals surface area contributed by atoms with Crippen molar-refractivity contribution in [2.24, 2.45) is 5.41 Å². The first-order valence-electron chi connectivity index (χ1n) is 7.64. The molecule has 0 radical (unpaired) electrons. The molecule has 0 aliphatic rings. The van der Waals surface area contributed by atoms with Gasteiger partial charge < -0.3 is 14.6 Å². The molecule has 0 aliphatic heterocycles. The van der Waals surface area contributed by atoms with Crippen molar-refractivity contribution in [3.8, 4) is 0 Å². The first-order valence-corrected chi connectivity index (χ1v) is 8.02. The van der Waals surface area contributed by atoms with Gasteiger partial charge in [0.2, 0.25) is 6.10 Å². The zero-order chi connectivity index (χ0) is 19.2. The smallest absolute Gasteiger partial charge is 0.349 e. The van der Waals surface area contributed by atoms with Crippen LogP contribution in [-0.4, -0.2) is 29.6 Å². The Morgan fingerprint density at radius 3 is 2.44 bits per heavy atom. The van der Waals surface area contributed by atoms with Crippen molar-refractivity contribution in [3.05, 3.63) is 40.4 Å². The number of esters is 2. The Balaban J connectivity index is 3.26. The molecule has 0 amide bonds. The molecule has 136 valence electrons. The van der Waals surface area contributed by atoms with Crippen LogP contribution in [0.5, 0.6) is 0 Å². The summed E-state index contributed by atoms with van der Waals surface area (Å²) in [5.41, 5.74) is -0.322. The largest absolute Gasteiger partial charge is 0.478 e. The molecule has 0 saturated carbocycles. The van der Waals surface area contributed by atoms with Gasteiger partial charge in [-0.25, -0.2) is 9.59 Å². The Kier molecular flexibility index (Phi) is 7.18. The molecule has 1 aromatic carbocycles. The van der Waals surface area contributed by atoms with E-state index in [0.29, 0.717) is 5.56 Å². The Morgan fingerprint density at radius 1 is 1.28 bits per heavy atom. The van der Waals surface area contributed by atoms with Gasteiger partial charge in [0.05, 0.1) is 12.0 Å². The fourth-order valence-electron chi connectivity index (χ4n) is 1.80. The highest BCUT2D eigenvalue weighted by Gasteiger charge is 2.32. The molecule has 7 heteroatoms. The second-order valence-corrected chi connectivity index (χ2v) is 6.67. The van der Waals surface area contributed by atoms with Gasteiger partial charge in [0.15, 0.2) is 0 Å². The molecule has 1 atom stereocenters. The third-order valence-electron chi connectivity index (χ3n) is 3.08. The minimum atomic E-state index is -1.55. The van der Waals surface area contributed by atoms with Crippen LogP contribution < -0.4 is 0 Å². The van der Waals surface area contributed by atoms with E-state index in [2.05, 4.69) is 0 Å². The van der Waals surface area contributed by atoms with E-state index in [9.17, 15) is 19.5 Å². The Labute approximate surface area is 151 Å². The summed E-state index contributed by atoms with van der Waals surface area (Å²) in [4.78, 5) is 35.2. The molecule has 0 fully saturated rings. The lowest BCUT2D eigenvalue weighted by molar-refractivity contribution is -0.170. The first-order chi connectivity index (χ1) is 11.6. The minimum Gasteiger partial charge on any atom is -0.478 e. The number of carboxylic acid groups (broad SMARTS) is 1. The van der Waals surface area contributed by atoms with Gasteiger partial charge in [-0.15, -0.1) is 0 Å². The summed E-state index contributed by atoms with van der Waals surface area (Å²) in [7, 11) is 0. The maximum atomic E-state index is 12.1. The molecular formula is C18H21ClO6. The molecule has 25 heavy (non-hydrogen) atoms. The van der Waals surface area contributed by atoms with Gasteiger partial charge in [-0.3, -0.25) is 4.79 Å². The summed E-state index contributed by atoms with van der Waals surface area (Å²) in [5.74, 6) is -2.58. The number of benzene rings is 1. The number of hydrogen-bond acceptors (Lipinski definition) is 5. The highest BCUT2D eigenvalue weighted by molar-refractivity contribution is 6.30. The summed E-state index contributed by atoms with van der Waals surface area (Å²) >= 11 is 5.96. The zero-order valence-electron chi connectivity index (χ0n) is 14.5. The molecule has 6 nitrogen and oxygen atoms in total. The van der Waals surface area contributed by atoms with Crippen LogP contribution in [-0.2, 0) is 23.9 Å². The second kappa shape index (κ2) is 8.67. The van der Waals surface area contributed by atoms with Crippen LogP contribution in [0, 0.1) is 5.41 Å². The monoisotopic (exact) mass is 368 g/mol. The molecule has 1 N–H and O–H groups in total. The van der Waals surface area contributed by atoms with Crippen LogP contribution in [0.1, 0.15) is 44.9 Å². The molecule has 0 spiro atoms. The Morgan fingerprint density at radius 2 is 1.92 bits per heavy atom. The van der Waals surface area contributed by atoms with Crippen molar-refractivity contribution < 1.29 is 29.0 Å². The van der Waals surface area contributed by atoms with E-state index >= 15 is 0 Å². The first kappa shape index (κ1) is 20.7. The van der Waals surface area contributed by atoms with Crippen molar-refractivity contribution in [2.75, 3.05) is 6.61 Å². The number of ether oxygens (including phenoxy) is 2. The number of carbonyl (C=O) groups is 3. The third-order valence-corrected chi connectivity index (χ3v) is 3.31. The molecule has 1 unspecified atom stereocenters. The zero-order valence-corrected chi connectivity index (χ0v) is 15.3. The SMILES string of the molecule is CCOC(=O)/C=C/c1ccc(Cl)cc1C(OC(=O)C(C)(C)C)C(=O)O. The predicted octanol–water partition coefficient (Wildman–Crippen LogP) is 3.63. The predicted molar refractivity (Wildman–Crippen MR) is 93.0 cm³/mol. The number of rotatable bonds is 6. The fraction of sp³-hybridized carbons (Fsp3) is 0.389. The van der Waals surface area contributed by atoms with Gasteiger partial charge in [-0.2, -0.15) is 0 Å². The van der Waals surface area contributed by atoms with E-state index in [4.69, 9.17) is 21.1 Å². The third kappa shape index (κ3) is 6.23. The molecular weight excluding hydrogens is 348 g/mol. The molecule has 0 aliphatic carbocycles. The van der Waals surface area contributed by atoms with E-state index in [0.717, 1.165) is 0 Å². The summed E-state index contributed by atoms with van der Waals surface area (Å²) in [6.45, 7) is 6.75. The van der Waals surface area contributed by atoms with Gasteiger partial charge in [-0.1, -0.05) is 17.7 Å². The number of carbonyl (C=O) groups excluding carboxylic acids is 2. The Bertz CT molecular complexity index is 687. The standard InChI is InChI=1S/C18H21ClO6/c1-5-24-14(20)9-7-11-6-8-12(19)10-13(11)15(16(21)22)25-17(23)18(2,3)4/h6-10,15H,5H2,1-4H3,(H,21,22)/b9-7+. The number of hydrogen-bond donors (Lipinski definition) is 1. The van der Waals surface area contributed by atoms with Crippen LogP contribution in [0.15, 0.2) is 24.3 Å². The second-order valence-electron chi connectivity index (χ2n) is 6.23. The molecule has 0 aromatic heterocycles. The maximum Gasteiger partial charge on any atom is 0.349 e. The lowest BCUT2D eigenvalue weighted by Gasteiger charge is -2.22. The summed E-state index contributed by atoms with van der Waals surface area (Å²) in [6, 6.07) is 4.47. The van der Waals surface area contributed by atoms with E-state index in [-0.39, 0.29) is 17.2 Å². The quantitative estimate of drug-likeness (QED) is 0.609. The topological polar surface area (TPSA) is 89.9 Å². The number of aliphatic carboxylic acids is 1. The van der Waals surface area contributed by atoms with Crippen LogP contribution in [0.2, 0.25) is 5.02 Å². The molecule has 0 bridgehead atoms. The number of halogens is 1. The van der Waals surface area contributed by atoms with Crippen molar-refractivity contribution in [2.45, 2.75) is 33.8 Å². The van der Waals surface area contributed by atoms with Crippen LogP contribution in [0.3, 0.4) is 0 Å². The number of carboxylic acids is 1. The van der Waals surface area contributed by atoms with Crippen LogP contribution >= 0.6 is 11.6 Å². The van der Waals surface area contributed by atoms with Gasteiger partial charge in [0, 0.05) is 16.7 Å².